The third-order valence-corrected chi connectivity index (χ3v) is 7.28. The van der Waals surface area contributed by atoms with Crippen molar-refractivity contribution < 1.29 is 27.4 Å². The number of hydrogen-bond acceptors (Lipinski definition) is 6. The summed E-state index contributed by atoms with van der Waals surface area (Å²) in [4.78, 5) is 12.9. The number of carbonyl (C=O) groups is 1. The molecule has 0 atom stereocenters. The number of methoxy groups -OCH3 is 2. The molecule has 0 bridgehead atoms. The van der Waals surface area contributed by atoms with Crippen LogP contribution in [0.15, 0.2) is 77.7 Å². The van der Waals surface area contributed by atoms with Gasteiger partial charge in [0.05, 0.1) is 32.3 Å². The molecule has 0 heterocycles. The van der Waals surface area contributed by atoms with Gasteiger partial charge in [-0.25, -0.2) is 8.42 Å². The lowest BCUT2D eigenvalue weighted by atomic mass is 10.1. The third-order valence-electron chi connectivity index (χ3n) is 5.48. The molecule has 0 saturated carbocycles. The average Bonchev–Trinajstić information content (AvgIpc) is 2.89. The maximum atomic E-state index is 13.4. The van der Waals surface area contributed by atoms with Gasteiger partial charge in [-0.2, -0.15) is 4.31 Å². The molecule has 0 saturated heterocycles. The first-order valence-electron chi connectivity index (χ1n) is 11.6. The predicted octanol–water partition coefficient (Wildman–Crippen LogP) is 3.65. The van der Waals surface area contributed by atoms with Crippen molar-refractivity contribution in [3.63, 3.8) is 0 Å². The Morgan fingerprint density at radius 3 is 2.22 bits per heavy atom. The lowest BCUT2D eigenvalue weighted by molar-refractivity contribution is -0.121. The molecule has 1 N–H and O–H groups in total. The van der Waals surface area contributed by atoms with E-state index in [4.69, 9.17) is 14.2 Å². The molecule has 192 valence electrons. The zero-order valence-electron chi connectivity index (χ0n) is 20.8. The topological polar surface area (TPSA) is 94.2 Å². The molecule has 9 heteroatoms. The van der Waals surface area contributed by atoms with E-state index < -0.39 is 10.0 Å². The van der Waals surface area contributed by atoms with Crippen LogP contribution in [-0.2, 0) is 27.8 Å². The first-order valence-corrected chi connectivity index (χ1v) is 13.1. The smallest absolute Gasteiger partial charge is 0.243 e. The van der Waals surface area contributed by atoms with Gasteiger partial charge in [0.15, 0.2) is 11.5 Å². The van der Waals surface area contributed by atoms with Crippen molar-refractivity contribution in [3.05, 3.63) is 83.9 Å². The van der Waals surface area contributed by atoms with Crippen molar-refractivity contribution in [3.8, 4) is 17.2 Å². The zero-order valence-corrected chi connectivity index (χ0v) is 21.6. The van der Waals surface area contributed by atoms with Crippen molar-refractivity contribution >= 4 is 15.9 Å². The van der Waals surface area contributed by atoms with E-state index in [-0.39, 0.29) is 23.9 Å². The molecule has 8 nitrogen and oxygen atoms in total. The lowest BCUT2D eigenvalue weighted by Crippen LogP contribution is -2.40. The molecule has 0 aliphatic rings. The van der Waals surface area contributed by atoms with Crippen molar-refractivity contribution in [2.45, 2.75) is 24.8 Å². The van der Waals surface area contributed by atoms with Crippen LogP contribution in [0.5, 0.6) is 17.2 Å². The molecule has 0 aliphatic heterocycles. The van der Waals surface area contributed by atoms with E-state index in [1.165, 1.54) is 16.4 Å². The van der Waals surface area contributed by atoms with Gasteiger partial charge in [-0.15, -0.1) is 0 Å². The Morgan fingerprint density at radius 2 is 1.58 bits per heavy atom. The number of rotatable bonds is 13. The molecule has 3 aromatic carbocycles. The number of nitrogens with zero attached hydrogens (tertiary/aromatic N) is 1. The van der Waals surface area contributed by atoms with Crippen LogP contribution in [0.1, 0.15) is 18.1 Å². The lowest BCUT2D eigenvalue weighted by Gasteiger charge is -2.22. The second-order valence-corrected chi connectivity index (χ2v) is 9.89. The summed E-state index contributed by atoms with van der Waals surface area (Å²) in [5.74, 6) is 1.43. The Labute approximate surface area is 212 Å². The highest BCUT2D eigenvalue weighted by Crippen LogP contribution is 2.27. The Morgan fingerprint density at radius 1 is 0.889 bits per heavy atom. The van der Waals surface area contributed by atoms with Gasteiger partial charge in [0, 0.05) is 13.1 Å². The van der Waals surface area contributed by atoms with Gasteiger partial charge < -0.3 is 19.5 Å². The zero-order chi connectivity index (χ0) is 26.0. The van der Waals surface area contributed by atoms with Crippen LogP contribution in [0.4, 0.5) is 0 Å². The summed E-state index contributed by atoms with van der Waals surface area (Å²) in [7, 11) is -0.799. The van der Waals surface area contributed by atoms with E-state index in [0.29, 0.717) is 36.8 Å². The van der Waals surface area contributed by atoms with Crippen LogP contribution >= 0.6 is 0 Å². The first-order chi connectivity index (χ1) is 17.4. The summed E-state index contributed by atoms with van der Waals surface area (Å²) >= 11 is 0. The number of hydrogen-bond donors (Lipinski definition) is 1. The van der Waals surface area contributed by atoms with Gasteiger partial charge in [-0.3, -0.25) is 4.79 Å². The number of amides is 1. The highest BCUT2D eigenvalue weighted by Gasteiger charge is 2.27. The van der Waals surface area contributed by atoms with Crippen molar-refractivity contribution in [1.29, 1.82) is 0 Å². The van der Waals surface area contributed by atoms with E-state index in [1.807, 2.05) is 49.4 Å². The fraction of sp³-hybridized carbons (Fsp3) is 0.296. The molecule has 0 aliphatic carbocycles. The molecule has 0 spiro atoms. The van der Waals surface area contributed by atoms with Gasteiger partial charge >= 0.3 is 0 Å². The number of sulfonamides is 1. The van der Waals surface area contributed by atoms with Gasteiger partial charge in [-0.1, -0.05) is 36.4 Å². The summed E-state index contributed by atoms with van der Waals surface area (Å²) in [5.41, 5.74) is 1.74. The highest BCUT2D eigenvalue weighted by molar-refractivity contribution is 7.89. The predicted molar refractivity (Wildman–Crippen MR) is 138 cm³/mol. The Kier molecular flexibility index (Phi) is 9.72. The van der Waals surface area contributed by atoms with Crippen LogP contribution in [0.2, 0.25) is 0 Å². The number of carbonyl (C=O) groups excluding carboxylic acids is 1. The van der Waals surface area contributed by atoms with E-state index in [1.54, 1.807) is 32.4 Å². The summed E-state index contributed by atoms with van der Waals surface area (Å²) in [5, 5.41) is 2.83. The number of nitrogens with one attached hydrogen (secondary N) is 1. The monoisotopic (exact) mass is 512 g/mol. The second-order valence-electron chi connectivity index (χ2n) is 7.95. The molecular weight excluding hydrogens is 480 g/mol. The quantitative estimate of drug-likeness (QED) is 0.376. The van der Waals surface area contributed by atoms with E-state index in [9.17, 15) is 13.2 Å². The number of ether oxygens (including phenoxy) is 3. The van der Waals surface area contributed by atoms with Crippen molar-refractivity contribution in [2.24, 2.45) is 0 Å². The third kappa shape index (κ3) is 7.22. The summed E-state index contributed by atoms with van der Waals surface area (Å²) in [6.07, 6.45) is 0.552. The summed E-state index contributed by atoms with van der Waals surface area (Å²) in [6, 6.07) is 20.9. The minimum absolute atomic E-state index is 0.0689. The van der Waals surface area contributed by atoms with E-state index in [2.05, 4.69) is 5.32 Å². The van der Waals surface area contributed by atoms with Crippen LogP contribution < -0.4 is 19.5 Å². The van der Waals surface area contributed by atoms with Gasteiger partial charge in [0.25, 0.3) is 0 Å². The maximum absolute atomic E-state index is 13.4. The fourth-order valence-corrected chi connectivity index (χ4v) is 5.02. The van der Waals surface area contributed by atoms with Gasteiger partial charge in [0.2, 0.25) is 15.9 Å². The summed E-state index contributed by atoms with van der Waals surface area (Å²) < 4.78 is 44.1. The molecule has 0 radical (unpaired) electrons. The molecule has 0 unspecified atom stereocenters. The van der Waals surface area contributed by atoms with Crippen LogP contribution in [0.3, 0.4) is 0 Å². The van der Waals surface area contributed by atoms with Crippen LogP contribution in [-0.4, -0.2) is 52.5 Å². The van der Waals surface area contributed by atoms with Crippen molar-refractivity contribution in [1.82, 2.24) is 9.62 Å². The molecule has 3 aromatic rings. The van der Waals surface area contributed by atoms with Gasteiger partial charge in [-0.05, 0) is 60.9 Å². The minimum atomic E-state index is -3.93. The van der Waals surface area contributed by atoms with Crippen LogP contribution in [0, 0.1) is 0 Å². The Hall–Kier alpha value is -3.56. The standard InChI is InChI=1S/C27H32N2O6S/c1-4-35-23-11-13-24(14-12-23)36(31,32)29(19-22-8-6-5-7-9-22)20-27(30)28-17-16-21-10-15-25(33-2)26(18-21)34-3/h5-15,18H,4,16-17,19-20H2,1-3H3,(H,28,30). The molecule has 36 heavy (non-hydrogen) atoms. The maximum Gasteiger partial charge on any atom is 0.243 e. The molecule has 3 rings (SSSR count). The SMILES string of the molecule is CCOc1ccc(S(=O)(=O)N(CC(=O)NCCc2ccc(OC)c(OC)c2)Cc2ccccc2)cc1. The largest absolute Gasteiger partial charge is 0.494 e. The first kappa shape index (κ1) is 27.0. The van der Waals surface area contributed by atoms with Crippen LogP contribution in [0.25, 0.3) is 0 Å². The van der Waals surface area contributed by atoms with E-state index >= 15 is 0 Å². The van der Waals surface area contributed by atoms with Crippen molar-refractivity contribution in [2.75, 3.05) is 33.9 Å². The number of benzene rings is 3. The molecule has 1 amide bonds. The highest BCUT2D eigenvalue weighted by atomic mass is 32.2. The second kappa shape index (κ2) is 12.9. The fourth-order valence-electron chi connectivity index (χ4n) is 3.63. The van der Waals surface area contributed by atoms with Gasteiger partial charge in [0.1, 0.15) is 5.75 Å². The Balaban J connectivity index is 1.70. The minimum Gasteiger partial charge on any atom is -0.494 e. The molecule has 0 aromatic heterocycles. The Bertz CT molecular complexity index is 1230. The molecule has 0 fully saturated rings. The molecular formula is C27H32N2O6S. The van der Waals surface area contributed by atoms with E-state index in [0.717, 1.165) is 11.1 Å². The summed E-state index contributed by atoms with van der Waals surface area (Å²) in [6.45, 7) is 2.44. The average molecular weight is 513 g/mol. The normalized spacial score (nSPS) is 11.2.